The molecule has 0 saturated carbocycles. The van der Waals surface area contributed by atoms with Gasteiger partial charge in [0.1, 0.15) is 0 Å². The lowest BCUT2D eigenvalue weighted by Crippen LogP contribution is -1.75. The standard InChI is InChI=1S/C11H13ClN2/c1-2-3-8-13-9-14-11-6-4-10(12)5-7-11/h4-7H,2-3,8H2,1H3. The number of halogens is 1. The number of hydrogen-bond donors (Lipinski definition) is 0. The topological polar surface area (TPSA) is 24.7 Å². The van der Waals surface area contributed by atoms with E-state index in [9.17, 15) is 0 Å². The first-order valence-corrected chi connectivity index (χ1v) is 5.08. The predicted octanol–water partition coefficient (Wildman–Crippen LogP) is 3.95. The highest BCUT2D eigenvalue weighted by Gasteiger charge is 1.87. The van der Waals surface area contributed by atoms with Crippen molar-refractivity contribution >= 4 is 23.3 Å². The Balaban J connectivity index is 2.51. The summed E-state index contributed by atoms with van der Waals surface area (Å²) >= 11 is 5.73. The lowest BCUT2D eigenvalue weighted by atomic mass is 10.3. The van der Waals surface area contributed by atoms with E-state index >= 15 is 0 Å². The molecule has 0 bridgehead atoms. The maximum atomic E-state index is 5.73. The quantitative estimate of drug-likeness (QED) is 0.529. The molecule has 14 heavy (non-hydrogen) atoms. The zero-order valence-corrected chi connectivity index (χ0v) is 8.96. The van der Waals surface area contributed by atoms with Crippen molar-refractivity contribution in [2.75, 3.05) is 6.54 Å². The van der Waals surface area contributed by atoms with Crippen molar-refractivity contribution in [1.29, 1.82) is 0 Å². The highest BCUT2D eigenvalue weighted by atomic mass is 35.5. The highest BCUT2D eigenvalue weighted by Crippen LogP contribution is 2.15. The molecule has 0 radical (unpaired) electrons. The van der Waals surface area contributed by atoms with E-state index in [2.05, 4.69) is 22.9 Å². The summed E-state index contributed by atoms with van der Waals surface area (Å²) in [6, 6.07) is 9.94. The fraction of sp³-hybridized carbons (Fsp3) is 0.364. The number of rotatable bonds is 4. The van der Waals surface area contributed by atoms with Gasteiger partial charge in [0.2, 0.25) is 0 Å². The first-order chi connectivity index (χ1) is 6.83. The fourth-order valence-electron chi connectivity index (χ4n) is 0.896. The number of benzene rings is 1. The van der Waals surface area contributed by atoms with Crippen LogP contribution in [0.25, 0.3) is 0 Å². The fourth-order valence-corrected chi connectivity index (χ4v) is 1.02. The molecule has 1 aromatic carbocycles. The second-order valence-corrected chi connectivity index (χ2v) is 3.36. The van der Waals surface area contributed by atoms with Crippen molar-refractivity contribution in [3.8, 4) is 0 Å². The number of hydrogen-bond acceptors (Lipinski definition) is 2. The third kappa shape index (κ3) is 4.22. The Bertz CT molecular complexity index is 324. The molecule has 0 spiro atoms. The van der Waals surface area contributed by atoms with E-state index in [0.717, 1.165) is 25.1 Å². The van der Waals surface area contributed by atoms with Gasteiger partial charge in [0.15, 0.2) is 0 Å². The van der Waals surface area contributed by atoms with Gasteiger partial charge in [-0.05, 0) is 30.7 Å². The maximum Gasteiger partial charge on any atom is 0.0948 e. The average Bonchev–Trinajstić information content (AvgIpc) is 2.21. The first-order valence-electron chi connectivity index (χ1n) is 4.70. The van der Waals surface area contributed by atoms with Crippen LogP contribution < -0.4 is 0 Å². The molecule has 0 heterocycles. The van der Waals surface area contributed by atoms with E-state index in [1.54, 1.807) is 12.1 Å². The van der Waals surface area contributed by atoms with Crippen LogP contribution in [0.3, 0.4) is 0 Å². The van der Waals surface area contributed by atoms with E-state index in [-0.39, 0.29) is 0 Å². The van der Waals surface area contributed by atoms with Crippen LogP contribution in [0.4, 0.5) is 5.69 Å². The van der Waals surface area contributed by atoms with Crippen molar-refractivity contribution in [2.45, 2.75) is 19.8 Å². The second-order valence-electron chi connectivity index (χ2n) is 2.92. The van der Waals surface area contributed by atoms with E-state index in [1.165, 1.54) is 0 Å². The molecule has 0 fully saturated rings. The Hall–Kier alpha value is -1.11. The monoisotopic (exact) mass is 208 g/mol. The Morgan fingerprint density at radius 2 is 2.00 bits per heavy atom. The summed E-state index contributed by atoms with van der Waals surface area (Å²) in [6.07, 6.45) is 2.23. The zero-order valence-electron chi connectivity index (χ0n) is 8.20. The van der Waals surface area contributed by atoms with Crippen LogP contribution in [0.15, 0.2) is 34.3 Å². The van der Waals surface area contributed by atoms with Crippen molar-refractivity contribution in [3.05, 3.63) is 29.3 Å². The molecule has 0 aliphatic rings. The Morgan fingerprint density at radius 1 is 1.29 bits per heavy atom. The van der Waals surface area contributed by atoms with Gasteiger partial charge in [-0.1, -0.05) is 24.9 Å². The molecule has 0 saturated heterocycles. The van der Waals surface area contributed by atoms with Gasteiger partial charge in [0, 0.05) is 11.6 Å². The van der Waals surface area contributed by atoms with E-state index < -0.39 is 0 Å². The van der Waals surface area contributed by atoms with Gasteiger partial charge < -0.3 is 0 Å². The Morgan fingerprint density at radius 3 is 2.64 bits per heavy atom. The smallest absolute Gasteiger partial charge is 0.0948 e. The van der Waals surface area contributed by atoms with Gasteiger partial charge in [-0.15, -0.1) is 0 Å². The maximum absolute atomic E-state index is 5.73. The molecule has 0 atom stereocenters. The molecule has 74 valence electrons. The predicted molar refractivity (Wildman–Crippen MR) is 60.8 cm³/mol. The van der Waals surface area contributed by atoms with Crippen molar-refractivity contribution in [3.63, 3.8) is 0 Å². The summed E-state index contributed by atoms with van der Waals surface area (Å²) in [6.45, 7) is 2.93. The number of nitrogens with zero attached hydrogens (tertiary/aromatic N) is 2. The third-order valence-electron chi connectivity index (χ3n) is 1.70. The van der Waals surface area contributed by atoms with Crippen molar-refractivity contribution in [1.82, 2.24) is 0 Å². The van der Waals surface area contributed by atoms with Crippen LogP contribution in [-0.2, 0) is 0 Å². The Kier molecular flexibility index (Phi) is 4.98. The van der Waals surface area contributed by atoms with E-state index in [1.807, 2.05) is 12.1 Å². The minimum absolute atomic E-state index is 0.715. The van der Waals surface area contributed by atoms with Crippen LogP contribution in [-0.4, -0.2) is 12.6 Å². The summed E-state index contributed by atoms with van der Waals surface area (Å²) in [5.41, 5.74) is 0.828. The molecule has 1 aromatic rings. The normalized spacial score (nSPS) is 9.29. The van der Waals surface area contributed by atoms with Gasteiger partial charge >= 0.3 is 0 Å². The van der Waals surface area contributed by atoms with Gasteiger partial charge in [-0.25, -0.2) is 4.99 Å². The molecule has 1 rings (SSSR count). The SMILES string of the molecule is CCCCN=C=Nc1ccc(Cl)cc1. The van der Waals surface area contributed by atoms with Gasteiger partial charge in [-0.3, -0.25) is 0 Å². The molecule has 0 aliphatic carbocycles. The average molecular weight is 209 g/mol. The van der Waals surface area contributed by atoms with Crippen LogP contribution >= 0.6 is 11.6 Å². The highest BCUT2D eigenvalue weighted by molar-refractivity contribution is 6.30. The molecule has 0 N–H and O–H groups in total. The van der Waals surface area contributed by atoms with E-state index in [4.69, 9.17) is 11.6 Å². The molecule has 0 aliphatic heterocycles. The second kappa shape index (κ2) is 6.36. The number of aliphatic imine (C=N–C) groups is 2. The lowest BCUT2D eigenvalue weighted by Gasteiger charge is -1.89. The van der Waals surface area contributed by atoms with Crippen LogP contribution in [0, 0.1) is 0 Å². The summed E-state index contributed by atoms with van der Waals surface area (Å²) < 4.78 is 0. The van der Waals surface area contributed by atoms with Crippen molar-refractivity contribution < 1.29 is 0 Å². The molecule has 0 aromatic heterocycles. The molecular formula is C11H13ClN2. The summed E-state index contributed by atoms with van der Waals surface area (Å²) in [4.78, 5) is 8.07. The zero-order chi connectivity index (χ0) is 10.2. The van der Waals surface area contributed by atoms with Crippen LogP contribution in [0.5, 0.6) is 0 Å². The number of unbranched alkanes of at least 4 members (excludes halogenated alkanes) is 1. The largest absolute Gasteiger partial charge is 0.225 e. The molecule has 0 amide bonds. The van der Waals surface area contributed by atoms with Gasteiger partial charge in [0.05, 0.1) is 11.7 Å². The van der Waals surface area contributed by atoms with Gasteiger partial charge in [0.25, 0.3) is 0 Å². The lowest BCUT2D eigenvalue weighted by molar-refractivity contribution is 0.810. The summed E-state index contributed by atoms with van der Waals surface area (Å²) in [7, 11) is 0. The van der Waals surface area contributed by atoms with Crippen LogP contribution in [0.2, 0.25) is 5.02 Å². The molecule has 0 unspecified atom stereocenters. The Labute approximate surface area is 89.4 Å². The van der Waals surface area contributed by atoms with Gasteiger partial charge in [-0.2, -0.15) is 4.99 Å². The van der Waals surface area contributed by atoms with E-state index in [0.29, 0.717) is 5.02 Å². The minimum Gasteiger partial charge on any atom is -0.225 e. The first kappa shape index (κ1) is 11.0. The summed E-state index contributed by atoms with van der Waals surface area (Å²) in [5.74, 6) is 0. The van der Waals surface area contributed by atoms with Crippen LogP contribution in [0.1, 0.15) is 19.8 Å². The minimum atomic E-state index is 0.715. The molecule has 3 heteroatoms. The summed E-state index contributed by atoms with van der Waals surface area (Å²) in [5, 5.41) is 0.715. The third-order valence-corrected chi connectivity index (χ3v) is 1.95. The molecule has 2 nitrogen and oxygen atoms in total. The molecular weight excluding hydrogens is 196 g/mol. The van der Waals surface area contributed by atoms with Crippen molar-refractivity contribution in [2.24, 2.45) is 9.98 Å².